The number of nitrogens with one attached hydrogen (secondary N) is 1. The molecule has 3 nitrogen and oxygen atoms in total. The standard InChI is InChI=1S/C13H17NO2/c1-9-3-2-4-10(5-9)11-6-12(13(15)16)8-14-7-11/h2-5,11-12,14H,6-8H2,1H3,(H,15,16)/t11-,12-/m1/s1. The second kappa shape index (κ2) is 4.66. The van der Waals surface area contributed by atoms with Crippen LogP contribution in [-0.4, -0.2) is 24.2 Å². The van der Waals surface area contributed by atoms with Crippen molar-refractivity contribution >= 4 is 5.97 Å². The maximum atomic E-state index is 11.0. The fraction of sp³-hybridized carbons (Fsp3) is 0.462. The molecule has 0 aliphatic carbocycles. The number of aryl methyl sites for hydroxylation is 1. The van der Waals surface area contributed by atoms with Gasteiger partial charge in [-0.05, 0) is 24.8 Å². The first kappa shape index (κ1) is 11.1. The van der Waals surface area contributed by atoms with Crippen molar-refractivity contribution in [1.29, 1.82) is 0 Å². The molecule has 1 aliphatic rings. The third-order valence-corrected chi connectivity index (χ3v) is 3.21. The molecule has 0 aromatic heterocycles. The molecule has 1 saturated heterocycles. The molecule has 86 valence electrons. The molecule has 0 saturated carbocycles. The van der Waals surface area contributed by atoms with Crippen molar-refractivity contribution in [3.8, 4) is 0 Å². The van der Waals surface area contributed by atoms with Crippen LogP contribution < -0.4 is 5.32 Å². The van der Waals surface area contributed by atoms with Gasteiger partial charge >= 0.3 is 5.97 Å². The number of carboxylic acid groups (broad SMARTS) is 1. The first-order valence-corrected chi connectivity index (χ1v) is 5.67. The van der Waals surface area contributed by atoms with E-state index < -0.39 is 5.97 Å². The average Bonchev–Trinajstić information content (AvgIpc) is 2.29. The highest BCUT2D eigenvalue weighted by molar-refractivity contribution is 5.70. The predicted octanol–water partition coefficient (Wildman–Crippen LogP) is 1.77. The number of hydrogen-bond acceptors (Lipinski definition) is 2. The van der Waals surface area contributed by atoms with Crippen LogP contribution in [0.3, 0.4) is 0 Å². The summed E-state index contributed by atoms with van der Waals surface area (Å²) >= 11 is 0. The molecular weight excluding hydrogens is 202 g/mol. The smallest absolute Gasteiger partial charge is 0.307 e. The molecule has 1 heterocycles. The summed E-state index contributed by atoms with van der Waals surface area (Å²) in [5.41, 5.74) is 2.48. The Bertz CT molecular complexity index is 389. The minimum atomic E-state index is -0.690. The molecule has 0 radical (unpaired) electrons. The van der Waals surface area contributed by atoms with Crippen LogP contribution in [0.4, 0.5) is 0 Å². The number of benzene rings is 1. The lowest BCUT2D eigenvalue weighted by Gasteiger charge is -2.28. The minimum absolute atomic E-state index is 0.251. The Labute approximate surface area is 95.5 Å². The SMILES string of the molecule is Cc1cccc([C@H]2CNC[C@H](C(=O)O)C2)c1. The molecule has 1 aromatic carbocycles. The molecule has 0 spiro atoms. The van der Waals surface area contributed by atoms with Gasteiger partial charge in [0.15, 0.2) is 0 Å². The highest BCUT2D eigenvalue weighted by atomic mass is 16.4. The van der Waals surface area contributed by atoms with Gasteiger partial charge in [0.1, 0.15) is 0 Å². The van der Waals surface area contributed by atoms with Crippen LogP contribution in [0, 0.1) is 12.8 Å². The van der Waals surface area contributed by atoms with Crippen LogP contribution in [0.2, 0.25) is 0 Å². The van der Waals surface area contributed by atoms with Gasteiger partial charge in [-0.1, -0.05) is 29.8 Å². The normalized spacial score (nSPS) is 25.3. The highest BCUT2D eigenvalue weighted by Crippen LogP contribution is 2.27. The molecule has 3 heteroatoms. The zero-order valence-electron chi connectivity index (χ0n) is 9.44. The predicted molar refractivity (Wildman–Crippen MR) is 62.5 cm³/mol. The Kier molecular flexibility index (Phi) is 3.25. The monoisotopic (exact) mass is 219 g/mol. The number of hydrogen-bond donors (Lipinski definition) is 2. The summed E-state index contributed by atoms with van der Waals surface area (Å²) in [4.78, 5) is 11.0. The highest BCUT2D eigenvalue weighted by Gasteiger charge is 2.27. The molecule has 0 amide bonds. The van der Waals surface area contributed by atoms with E-state index in [1.54, 1.807) is 0 Å². The Morgan fingerprint density at radius 1 is 1.44 bits per heavy atom. The number of piperidine rings is 1. The van der Waals surface area contributed by atoms with Gasteiger partial charge in [0.05, 0.1) is 5.92 Å². The van der Waals surface area contributed by atoms with Gasteiger partial charge in [-0.3, -0.25) is 4.79 Å². The second-order valence-electron chi connectivity index (χ2n) is 4.54. The lowest BCUT2D eigenvalue weighted by Crippen LogP contribution is -2.38. The van der Waals surface area contributed by atoms with Gasteiger partial charge in [0.2, 0.25) is 0 Å². The maximum absolute atomic E-state index is 11.0. The lowest BCUT2D eigenvalue weighted by molar-refractivity contribution is -0.142. The summed E-state index contributed by atoms with van der Waals surface area (Å²) in [5.74, 6) is -0.612. The van der Waals surface area contributed by atoms with E-state index in [-0.39, 0.29) is 5.92 Å². The van der Waals surface area contributed by atoms with Crippen LogP contribution in [-0.2, 0) is 4.79 Å². The summed E-state index contributed by atoms with van der Waals surface area (Å²) in [5, 5.41) is 12.2. The van der Waals surface area contributed by atoms with E-state index in [4.69, 9.17) is 5.11 Å². The van der Waals surface area contributed by atoms with E-state index >= 15 is 0 Å². The van der Waals surface area contributed by atoms with Crippen molar-refractivity contribution in [3.05, 3.63) is 35.4 Å². The summed E-state index contributed by atoms with van der Waals surface area (Å²) in [7, 11) is 0. The molecular formula is C13H17NO2. The number of rotatable bonds is 2. The van der Waals surface area contributed by atoms with Crippen molar-refractivity contribution in [3.63, 3.8) is 0 Å². The number of aliphatic carboxylic acids is 1. The van der Waals surface area contributed by atoms with Gasteiger partial charge < -0.3 is 10.4 Å². The van der Waals surface area contributed by atoms with Crippen LogP contribution >= 0.6 is 0 Å². The molecule has 2 rings (SSSR count). The Hall–Kier alpha value is -1.35. The topological polar surface area (TPSA) is 49.3 Å². The Morgan fingerprint density at radius 2 is 2.25 bits per heavy atom. The van der Waals surface area contributed by atoms with E-state index in [9.17, 15) is 4.79 Å². The molecule has 2 N–H and O–H groups in total. The van der Waals surface area contributed by atoms with Crippen LogP contribution in [0.15, 0.2) is 24.3 Å². The van der Waals surface area contributed by atoms with Crippen molar-refractivity contribution in [1.82, 2.24) is 5.32 Å². The first-order valence-electron chi connectivity index (χ1n) is 5.67. The van der Waals surface area contributed by atoms with E-state index in [2.05, 4.69) is 30.4 Å². The van der Waals surface area contributed by atoms with Crippen molar-refractivity contribution in [2.24, 2.45) is 5.92 Å². The van der Waals surface area contributed by atoms with Crippen LogP contribution in [0.1, 0.15) is 23.5 Å². The van der Waals surface area contributed by atoms with Crippen molar-refractivity contribution in [2.45, 2.75) is 19.3 Å². The molecule has 1 aliphatic heterocycles. The zero-order valence-corrected chi connectivity index (χ0v) is 9.44. The summed E-state index contributed by atoms with van der Waals surface area (Å²) in [6.45, 7) is 3.54. The quantitative estimate of drug-likeness (QED) is 0.797. The Morgan fingerprint density at radius 3 is 2.94 bits per heavy atom. The average molecular weight is 219 g/mol. The summed E-state index contributed by atoms with van der Waals surface area (Å²) < 4.78 is 0. The van der Waals surface area contributed by atoms with Crippen molar-refractivity contribution in [2.75, 3.05) is 13.1 Å². The van der Waals surface area contributed by atoms with Gasteiger partial charge in [0, 0.05) is 13.1 Å². The zero-order chi connectivity index (χ0) is 11.5. The molecule has 1 fully saturated rings. The fourth-order valence-corrected chi connectivity index (χ4v) is 2.31. The van der Waals surface area contributed by atoms with Gasteiger partial charge in [-0.25, -0.2) is 0 Å². The van der Waals surface area contributed by atoms with E-state index in [0.29, 0.717) is 12.5 Å². The third kappa shape index (κ3) is 2.42. The molecule has 16 heavy (non-hydrogen) atoms. The third-order valence-electron chi connectivity index (χ3n) is 3.21. The van der Waals surface area contributed by atoms with Gasteiger partial charge in [0.25, 0.3) is 0 Å². The van der Waals surface area contributed by atoms with Crippen LogP contribution in [0.25, 0.3) is 0 Å². The summed E-state index contributed by atoms with van der Waals surface area (Å²) in [6.07, 6.45) is 0.742. The van der Waals surface area contributed by atoms with E-state index in [1.807, 2.05) is 6.07 Å². The molecule has 1 aromatic rings. The Balaban J connectivity index is 2.12. The summed E-state index contributed by atoms with van der Waals surface area (Å²) in [6, 6.07) is 8.34. The van der Waals surface area contributed by atoms with Crippen LogP contribution in [0.5, 0.6) is 0 Å². The van der Waals surface area contributed by atoms with Gasteiger partial charge in [-0.15, -0.1) is 0 Å². The van der Waals surface area contributed by atoms with Gasteiger partial charge in [-0.2, -0.15) is 0 Å². The number of carbonyl (C=O) groups is 1. The lowest BCUT2D eigenvalue weighted by atomic mass is 9.85. The largest absolute Gasteiger partial charge is 0.481 e. The minimum Gasteiger partial charge on any atom is -0.481 e. The molecule has 2 atom stereocenters. The molecule has 0 bridgehead atoms. The number of carboxylic acids is 1. The first-order chi connectivity index (χ1) is 7.66. The van der Waals surface area contributed by atoms with E-state index in [0.717, 1.165) is 13.0 Å². The molecule has 0 unspecified atom stereocenters. The van der Waals surface area contributed by atoms with Crippen molar-refractivity contribution < 1.29 is 9.90 Å². The maximum Gasteiger partial charge on any atom is 0.307 e. The fourth-order valence-electron chi connectivity index (χ4n) is 2.31. The van der Waals surface area contributed by atoms with E-state index in [1.165, 1.54) is 11.1 Å². The second-order valence-corrected chi connectivity index (χ2v) is 4.54.